The van der Waals surface area contributed by atoms with Gasteiger partial charge in [0.2, 0.25) is 5.91 Å². The van der Waals surface area contributed by atoms with Crippen LogP contribution >= 0.6 is 0 Å². The monoisotopic (exact) mass is 438 g/mol. The molecule has 2 amide bonds. The van der Waals surface area contributed by atoms with Crippen LogP contribution in [0.2, 0.25) is 0 Å². The van der Waals surface area contributed by atoms with Crippen molar-refractivity contribution in [2.45, 2.75) is 37.1 Å². The number of sulfonamides is 1. The number of aromatic nitrogens is 2. The maximum Gasteiger partial charge on any atom is 0.269 e. The van der Waals surface area contributed by atoms with Crippen molar-refractivity contribution in [3.05, 3.63) is 59.4 Å². The summed E-state index contributed by atoms with van der Waals surface area (Å²) in [5.74, 6) is -0.0177. The minimum Gasteiger partial charge on any atom is -0.340 e. The van der Waals surface area contributed by atoms with Gasteiger partial charge >= 0.3 is 0 Å². The number of amides is 2. The Morgan fingerprint density at radius 1 is 1.23 bits per heavy atom. The number of H-pyrrole nitrogens is 1. The number of rotatable bonds is 4. The number of aryl methyl sites for hydroxylation is 1. The van der Waals surface area contributed by atoms with E-state index in [9.17, 15) is 18.0 Å². The number of carbonyl (C=O) groups excluding carboxylic acids is 2. The fraction of sp³-hybridized carbons (Fsp3) is 0.318. The Hall–Kier alpha value is -3.20. The summed E-state index contributed by atoms with van der Waals surface area (Å²) in [4.78, 5) is 35.3. The van der Waals surface area contributed by atoms with Crippen LogP contribution < -0.4 is 0 Å². The molecule has 8 nitrogen and oxygen atoms in total. The first-order chi connectivity index (χ1) is 14.9. The van der Waals surface area contributed by atoms with E-state index in [1.807, 2.05) is 25.1 Å². The topological polar surface area (TPSA) is 103 Å². The minimum absolute atomic E-state index is 0.00377. The molecule has 1 fully saturated rings. The molecule has 0 aliphatic carbocycles. The van der Waals surface area contributed by atoms with E-state index >= 15 is 0 Å². The van der Waals surface area contributed by atoms with Crippen LogP contribution in [0.3, 0.4) is 0 Å². The van der Waals surface area contributed by atoms with Crippen molar-refractivity contribution in [1.29, 1.82) is 0 Å². The van der Waals surface area contributed by atoms with Gasteiger partial charge in [-0.2, -0.15) is 0 Å². The molecule has 0 radical (unpaired) electrons. The molecule has 2 aliphatic heterocycles. The van der Waals surface area contributed by atoms with Gasteiger partial charge in [0.1, 0.15) is 10.7 Å². The number of hydrogen-bond acceptors (Lipinski definition) is 5. The lowest BCUT2D eigenvalue weighted by molar-refractivity contribution is -0.132. The van der Waals surface area contributed by atoms with Gasteiger partial charge in [-0.3, -0.25) is 9.59 Å². The molecule has 3 heterocycles. The quantitative estimate of drug-likeness (QED) is 0.675. The minimum atomic E-state index is -3.91. The molecule has 2 aliphatic rings. The lowest BCUT2D eigenvalue weighted by Gasteiger charge is -2.24. The van der Waals surface area contributed by atoms with Gasteiger partial charge in [0.15, 0.2) is 0 Å². The van der Waals surface area contributed by atoms with Gasteiger partial charge in [0.25, 0.3) is 15.9 Å². The molecule has 1 saturated heterocycles. The number of fused-ring (bicyclic) bond motifs is 2. The first-order valence-corrected chi connectivity index (χ1v) is 11.7. The van der Waals surface area contributed by atoms with Crippen molar-refractivity contribution in [2.75, 3.05) is 13.1 Å². The normalized spacial score (nSPS) is 19.9. The third kappa shape index (κ3) is 3.20. The molecule has 0 saturated carbocycles. The zero-order chi connectivity index (χ0) is 21.8. The highest BCUT2D eigenvalue weighted by atomic mass is 32.2. The third-order valence-corrected chi connectivity index (χ3v) is 7.83. The average Bonchev–Trinajstić information content (AvgIpc) is 3.43. The van der Waals surface area contributed by atoms with E-state index in [4.69, 9.17) is 0 Å². The zero-order valence-corrected chi connectivity index (χ0v) is 17.9. The standard InChI is InChI=1S/C22H22N4O4S/c1-14-8-9-16-17(13-14)24-21(23-16)18-6-4-11-25(18)20(27)10-12-26-22(28)15-5-2-3-7-19(15)31(26,29)30/h2-3,5,7-9,13,18H,4,6,10-12H2,1H3,(H,23,24)/t18-/m0/s1. The molecule has 31 heavy (non-hydrogen) atoms. The summed E-state index contributed by atoms with van der Waals surface area (Å²) in [7, 11) is -3.91. The summed E-state index contributed by atoms with van der Waals surface area (Å²) in [6, 6.07) is 11.9. The first kappa shape index (κ1) is 19.7. The predicted octanol–water partition coefficient (Wildman–Crippen LogP) is 2.77. The summed E-state index contributed by atoms with van der Waals surface area (Å²) in [5.41, 5.74) is 3.07. The van der Waals surface area contributed by atoms with E-state index in [-0.39, 0.29) is 35.4 Å². The number of hydrogen-bond donors (Lipinski definition) is 1. The molecule has 0 unspecified atom stereocenters. The van der Waals surface area contributed by atoms with E-state index in [0.29, 0.717) is 6.54 Å². The number of benzene rings is 2. The Kier molecular flexibility index (Phi) is 4.58. The van der Waals surface area contributed by atoms with Crippen LogP contribution in [0.25, 0.3) is 11.0 Å². The van der Waals surface area contributed by atoms with Crippen LogP contribution in [-0.4, -0.2) is 52.5 Å². The average molecular weight is 439 g/mol. The summed E-state index contributed by atoms with van der Waals surface area (Å²) in [6.07, 6.45) is 1.57. The Bertz CT molecular complexity index is 1310. The maximum atomic E-state index is 13.0. The maximum absolute atomic E-state index is 13.0. The molecule has 9 heteroatoms. The van der Waals surface area contributed by atoms with Crippen molar-refractivity contribution < 1.29 is 18.0 Å². The van der Waals surface area contributed by atoms with Crippen LogP contribution in [0, 0.1) is 6.92 Å². The summed E-state index contributed by atoms with van der Waals surface area (Å²) >= 11 is 0. The molecular formula is C22H22N4O4S. The summed E-state index contributed by atoms with van der Waals surface area (Å²) in [6.45, 7) is 2.43. The molecule has 0 bridgehead atoms. The highest BCUT2D eigenvalue weighted by Gasteiger charge is 2.41. The van der Waals surface area contributed by atoms with Crippen LogP contribution in [0.5, 0.6) is 0 Å². The predicted molar refractivity (Wildman–Crippen MR) is 114 cm³/mol. The SMILES string of the molecule is Cc1ccc2nc([C@@H]3CCCN3C(=O)CCN3C(=O)c4ccccc4S3(=O)=O)[nH]c2c1. The lowest BCUT2D eigenvalue weighted by atomic mass is 10.2. The molecule has 2 aromatic carbocycles. The molecule has 160 valence electrons. The molecule has 1 aromatic heterocycles. The van der Waals surface area contributed by atoms with Crippen molar-refractivity contribution in [2.24, 2.45) is 0 Å². The Morgan fingerprint density at radius 2 is 2.03 bits per heavy atom. The van der Waals surface area contributed by atoms with Crippen LogP contribution in [0.15, 0.2) is 47.4 Å². The second-order valence-electron chi connectivity index (χ2n) is 8.02. The van der Waals surface area contributed by atoms with Gasteiger partial charge in [-0.15, -0.1) is 0 Å². The van der Waals surface area contributed by atoms with Gasteiger partial charge in [-0.25, -0.2) is 17.7 Å². The van der Waals surface area contributed by atoms with Crippen molar-refractivity contribution in [3.8, 4) is 0 Å². The second-order valence-corrected chi connectivity index (χ2v) is 9.85. The Labute approximate surface area is 179 Å². The Morgan fingerprint density at radius 3 is 2.84 bits per heavy atom. The van der Waals surface area contributed by atoms with Crippen molar-refractivity contribution in [1.82, 2.24) is 19.2 Å². The number of nitrogens with one attached hydrogen (secondary N) is 1. The first-order valence-electron chi connectivity index (χ1n) is 10.3. The largest absolute Gasteiger partial charge is 0.340 e. The second kappa shape index (κ2) is 7.19. The number of aromatic amines is 1. The van der Waals surface area contributed by atoms with Gasteiger partial charge in [0.05, 0.1) is 22.6 Å². The van der Waals surface area contributed by atoms with Crippen molar-refractivity contribution >= 4 is 32.9 Å². The molecule has 1 N–H and O–H groups in total. The van der Waals surface area contributed by atoms with Crippen LogP contribution in [0.4, 0.5) is 0 Å². The highest BCUT2D eigenvalue weighted by Crippen LogP contribution is 2.33. The zero-order valence-electron chi connectivity index (χ0n) is 17.0. The number of nitrogens with zero attached hydrogens (tertiary/aromatic N) is 3. The number of carbonyl (C=O) groups is 2. The smallest absolute Gasteiger partial charge is 0.269 e. The fourth-order valence-electron chi connectivity index (χ4n) is 4.44. The van der Waals surface area contributed by atoms with E-state index in [2.05, 4.69) is 9.97 Å². The lowest BCUT2D eigenvalue weighted by Crippen LogP contribution is -2.36. The van der Waals surface area contributed by atoms with Crippen LogP contribution in [0.1, 0.15) is 47.1 Å². The number of likely N-dealkylation sites (tertiary alicyclic amines) is 1. The molecule has 0 spiro atoms. The van der Waals surface area contributed by atoms with Crippen LogP contribution in [-0.2, 0) is 14.8 Å². The van der Waals surface area contributed by atoms with E-state index in [0.717, 1.165) is 39.6 Å². The molecule has 1 atom stereocenters. The van der Waals surface area contributed by atoms with Gasteiger partial charge in [-0.05, 0) is 49.6 Å². The van der Waals surface area contributed by atoms with E-state index < -0.39 is 15.9 Å². The molecule has 3 aromatic rings. The van der Waals surface area contributed by atoms with E-state index in [1.165, 1.54) is 12.1 Å². The molecular weight excluding hydrogens is 416 g/mol. The van der Waals surface area contributed by atoms with Gasteiger partial charge < -0.3 is 9.88 Å². The third-order valence-electron chi connectivity index (χ3n) is 5.99. The number of imidazole rings is 1. The summed E-state index contributed by atoms with van der Waals surface area (Å²) in [5, 5.41) is 0. The fourth-order valence-corrected chi connectivity index (χ4v) is 6.01. The van der Waals surface area contributed by atoms with Crippen molar-refractivity contribution in [3.63, 3.8) is 0 Å². The highest BCUT2D eigenvalue weighted by molar-refractivity contribution is 7.90. The van der Waals surface area contributed by atoms with E-state index in [1.54, 1.807) is 17.0 Å². The summed E-state index contributed by atoms with van der Waals surface area (Å²) < 4.78 is 26.2. The molecule has 5 rings (SSSR count). The van der Waals surface area contributed by atoms with Gasteiger partial charge in [-0.1, -0.05) is 18.2 Å². The Balaban J connectivity index is 1.33. The van der Waals surface area contributed by atoms with Gasteiger partial charge in [0, 0.05) is 19.5 Å².